The van der Waals surface area contributed by atoms with Gasteiger partial charge in [-0.1, -0.05) is 24.3 Å². The minimum absolute atomic E-state index is 0.172. The van der Waals surface area contributed by atoms with Gasteiger partial charge in [0.1, 0.15) is 12.7 Å². The molecule has 0 fully saturated rings. The molecule has 1 heterocycles. The first-order chi connectivity index (χ1) is 12.4. The molecule has 8 nitrogen and oxygen atoms in total. The summed E-state index contributed by atoms with van der Waals surface area (Å²) in [6, 6.07) is 6.38. The van der Waals surface area contributed by atoms with Gasteiger partial charge < -0.3 is 24.8 Å². The zero-order valence-corrected chi connectivity index (χ0v) is 13.5. The van der Waals surface area contributed by atoms with Crippen LogP contribution < -0.4 is 0 Å². The third-order valence-corrected chi connectivity index (χ3v) is 4.07. The van der Waals surface area contributed by atoms with Gasteiger partial charge in [0.15, 0.2) is 23.4 Å². The number of hydrogen-bond donors (Lipinski definition) is 3. The lowest BCUT2D eigenvalue weighted by Crippen LogP contribution is -2.38. The summed E-state index contributed by atoms with van der Waals surface area (Å²) < 4.78 is 10.0. The molecule has 3 N–H and O–H groups in total. The van der Waals surface area contributed by atoms with Crippen molar-refractivity contribution in [2.24, 2.45) is 5.92 Å². The first-order valence-corrected chi connectivity index (χ1v) is 7.85. The number of ether oxygens (including phenoxy) is 2. The number of esters is 1. The van der Waals surface area contributed by atoms with Gasteiger partial charge in [0, 0.05) is 11.1 Å². The van der Waals surface area contributed by atoms with Crippen LogP contribution >= 0.6 is 0 Å². The van der Waals surface area contributed by atoms with E-state index >= 15 is 0 Å². The molecule has 0 bridgehead atoms. The monoisotopic (exact) mass is 360 g/mol. The summed E-state index contributed by atoms with van der Waals surface area (Å²) in [5, 5.41) is 27.8. The highest BCUT2D eigenvalue weighted by Gasteiger charge is 2.46. The van der Waals surface area contributed by atoms with Crippen molar-refractivity contribution < 1.29 is 39.2 Å². The van der Waals surface area contributed by atoms with Crippen molar-refractivity contribution in [2.45, 2.75) is 12.2 Å². The normalized spacial score (nSPS) is 22.8. The van der Waals surface area contributed by atoms with Crippen molar-refractivity contribution in [3.05, 3.63) is 59.1 Å². The summed E-state index contributed by atoms with van der Waals surface area (Å²) in [6.45, 7) is -1.03. The molecule has 8 heteroatoms. The highest BCUT2D eigenvalue weighted by molar-refractivity contribution is 6.18. The molecule has 2 aliphatic rings. The molecular weight excluding hydrogens is 344 g/mol. The maximum absolute atomic E-state index is 12.5. The average Bonchev–Trinajstić information content (AvgIpc) is 3.10. The number of rotatable bonds is 5. The Balaban J connectivity index is 1.76. The number of Topliss-reactive ketones (excluding diaryl/α,β-unsaturated/α-hetero) is 2. The summed E-state index contributed by atoms with van der Waals surface area (Å²) in [7, 11) is 0. The Morgan fingerprint density at radius 3 is 2.54 bits per heavy atom. The van der Waals surface area contributed by atoms with Gasteiger partial charge in [-0.05, 0) is 6.08 Å². The molecule has 0 radical (unpaired) electrons. The van der Waals surface area contributed by atoms with Gasteiger partial charge in [-0.15, -0.1) is 0 Å². The van der Waals surface area contributed by atoms with E-state index < -0.39 is 43.1 Å². The molecule has 1 aliphatic carbocycles. The fourth-order valence-corrected chi connectivity index (χ4v) is 2.78. The molecule has 0 aromatic heterocycles. The maximum Gasteiger partial charge on any atom is 0.334 e. The van der Waals surface area contributed by atoms with Crippen LogP contribution in [0.5, 0.6) is 0 Å². The second-order valence-electron chi connectivity index (χ2n) is 5.87. The molecule has 1 aromatic carbocycles. The second-order valence-corrected chi connectivity index (χ2v) is 5.87. The molecule has 3 rings (SSSR count). The topological polar surface area (TPSA) is 130 Å². The molecule has 3 unspecified atom stereocenters. The zero-order valence-electron chi connectivity index (χ0n) is 13.5. The van der Waals surface area contributed by atoms with E-state index in [4.69, 9.17) is 14.9 Å². The molecule has 0 saturated heterocycles. The molecule has 26 heavy (non-hydrogen) atoms. The molecule has 1 aromatic rings. The lowest BCUT2D eigenvalue weighted by Gasteiger charge is -2.24. The van der Waals surface area contributed by atoms with Gasteiger partial charge in [-0.25, -0.2) is 4.79 Å². The molecule has 0 amide bonds. The van der Waals surface area contributed by atoms with E-state index in [-0.39, 0.29) is 22.9 Å². The van der Waals surface area contributed by atoms with Gasteiger partial charge in [-0.3, -0.25) is 9.59 Å². The Hall–Kier alpha value is -2.97. The fourth-order valence-electron chi connectivity index (χ4n) is 2.78. The molecule has 0 spiro atoms. The highest BCUT2D eigenvalue weighted by atomic mass is 16.5. The highest BCUT2D eigenvalue weighted by Crippen LogP contribution is 2.36. The van der Waals surface area contributed by atoms with Crippen LogP contribution in [0.4, 0.5) is 0 Å². The van der Waals surface area contributed by atoms with Crippen LogP contribution in [0.1, 0.15) is 20.7 Å². The van der Waals surface area contributed by atoms with Gasteiger partial charge in [0.2, 0.25) is 5.78 Å². The summed E-state index contributed by atoms with van der Waals surface area (Å²) in [5.41, 5.74) is 0.551. The van der Waals surface area contributed by atoms with E-state index in [1.54, 1.807) is 18.2 Å². The quantitative estimate of drug-likeness (QED) is 0.388. The number of fused-ring (bicyclic) bond motifs is 2. The van der Waals surface area contributed by atoms with Crippen LogP contribution in [-0.4, -0.2) is 58.3 Å². The van der Waals surface area contributed by atoms with Crippen LogP contribution in [0.3, 0.4) is 0 Å². The third-order valence-electron chi connectivity index (χ3n) is 4.07. The summed E-state index contributed by atoms with van der Waals surface area (Å²) in [4.78, 5) is 36.6. The van der Waals surface area contributed by atoms with Gasteiger partial charge in [0.25, 0.3) is 0 Å². The summed E-state index contributed by atoms with van der Waals surface area (Å²) >= 11 is 0. The molecule has 136 valence electrons. The van der Waals surface area contributed by atoms with E-state index in [0.717, 1.165) is 0 Å². The van der Waals surface area contributed by atoms with Crippen molar-refractivity contribution in [3.63, 3.8) is 0 Å². The smallest absolute Gasteiger partial charge is 0.334 e. The van der Waals surface area contributed by atoms with Gasteiger partial charge >= 0.3 is 5.97 Å². The van der Waals surface area contributed by atoms with Crippen molar-refractivity contribution in [2.75, 3.05) is 13.2 Å². The number of hydrogen-bond acceptors (Lipinski definition) is 8. The minimum Gasteiger partial charge on any atom is -0.504 e. The number of carbonyl (C=O) groups is 3. The Bertz CT molecular complexity index is 822. The SMILES string of the molecule is O=C(/C=C(\O)C1=CC2C(=O)c3ccccc3C(=O)C2O1)OCC(O)CO. The van der Waals surface area contributed by atoms with Crippen molar-refractivity contribution in [3.8, 4) is 0 Å². The van der Waals surface area contributed by atoms with Crippen molar-refractivity contribution >= 4 is 17.5 Å². The van der Waals surface area contributed by atoms with E-state index in [1.807, 2.05) is 0 Å². The molecule has 3 atom stereocenters. The van der Waals surface area contributed by atoms with E-state index in [2.05, 4.69) is 4.74 Å². The number of aliphatic hydroxyl groups is 3. The largest absolute Gasteiger partial charge is 0.504 e. The molecule has 1 aliphatic heterocycles. The fraction of sp³-hybridized carbons (Fsp3) is 0.278. The number of carbonyl (C=O) groups excluding carboxylic acids is 3. The zero-order chi connectivity index (χ0) is 18.8. The third kappa shape index (κ3) is 3.24. The standard InChI is InChI=1S/C18H16O8/c19-7-9(20)8-25-15(22)6-13(21)14-5-12-16(23)10-3-1-2-4-11(10)17(24)18(12)26-14/h1-6,9,12,18-21H,7-8H2/b13-6-. The van der Waals surface area contributed by atoms with Crippen LogP contribution in [0.2, 0.25) is 0 Å². The van der Waals surface area contributed by atoms with E-state index in [9.17, 15) is 19.5 Å². The number of aliphatic hydroxyl groups excluding tert-OH is 3. The minimum atomic E-state index is -1.23. The Morgan fingerprint density at radius 1 is 1.23 bits per heavy atom. The second kappa shape index (κ2) is 7.11. The predicted octanol–water partition coefficient (Wildman–Crippen LogP) is 0.303. The summed E-state index contributed by atoms with van der Waals surface area (Å²) in [5.74, 6) is -3.31. The summed E-state index contributed by atoms with van der Waals surface area (Å²) in [6.07, 6.45) is -0.319. The lowest BCUT2D eigenvalue weighted by molar-refractivity contribution is -0.141. The van der Waals surface area contributed by atoms with Crippen LogP contribution in [0, 0.1) is 5.92 Å². The first kappa shape index (κ1) is 17.8. The van der Waals surface area contributed by atoms with Crippen LogP contribution in [-0.2, 0) is 14.3 Å². The van der Waals surface area contributed by atoms with E-state index in [1.165, 1.54) is 12.1 Å². The maximum atomic E-state index is 12.5. The number of ketones is 2. The van der Waals surface area contributed by atoms with Gasteiger partial charge in [-0.2, -0.15) is 0 Å². The van der Waals surface area contributed by atoms with Crippen molar-refractivity contribution in [1.29, 1.82) is 0 Å². The van der Waals surface area contributed by atoms with Crippen LogP contribution in [0.25, 0.3) is 0 Å². The lowest BCUT2D eigenvalue weighted by atomic mass is 9.80. The predicted molar refractivity (Wildman–Crippen MR) is 86.3 cm³/mol. The molecular formula is C18H16O8. The van der Waals surface area contributed by atoms with Crippen molar-refractivity contribution in [1.82, 2.24) is 0 Å². The Labute approximate surface area is 148 Å². The Kier molecular flexibility index (Phi) is 4.88. The Morgan fingerprint density at radius 2 is 1.88 bits per heavy atom. The van der Waals surface area contributed by atoms with Crippen LogP contribution in [0.15, 0.2) is 47.9 Å². The molecule has 0 saturated carbocycles. The van der Waals surface area contributed by atoms with Gasteiger partial charge in [0.05, 0.1) is 18.6 Å². The first-order valence-electron chi connectivity index (χ1n) is 7.85. The average molecular weight is 360 g/mol. The number of benzene rings is 1. The van der Waals surface area contributed by atoms with E-state index in [0.29, 0.717) is 11.6 Å².